The topological polar surface area (TPSA) is 86.7 Å². The maximum absolute atomic E-state index is 11.2. The first-order chi connectivity index (χ1) is 9.12. The predicted molar refractivity (Wildman–Crippen MR) is 78.5 cm³/mol. The normalized spacial score (nSPS) is 16.0. The zero-order chi connectivity index (χ0) is 15.8. The molecule has 0 aliphatic rings. The molecule has 0 N–H and O–H groups in total. The van der Waals surface area contributed by atoms with Crippen LogP contribution in [0.5, 0.6) is 0 Å². The lowest BCUT2D eigenvalue weighted by Crippen LogP contribution is -2.18. The van der Waals surface area contributed by atoms with E-state index in [4.69, 9.17) is 8.37 Å². The molecular weight excluding hydrogens is 304 g/mol. The van der Waals surface area contributed by atoms with Gasteiger partial charge in [0.05, 0.1) is 23.7 Å². The van der Waals surface area contributed by atoms with Gasteiger partial charge in [-0.25, -0.2) is 0 Å². The number of hydrogen-bond donors (Lipinski definition) is 0. The molecule has 0 fully saturated rings. The van der Waals surface area contributed by atoms with Crippen molar-refractivity contribution in [2.75, 3.05) is 11.5 Å². The van der Waals surface area contributed by atoms with Crippen LogP contribution in [0.3, 0.4) is 0 Å². The second kappa shape index (κ2) is 8.96. The highest BCUT2D eigenvalue weighted by molar-refractivity contribution is 7.86. The molecule has 122 valence electrons. The van der Waals surface area contributed by atoms with Crippen molar-refractivity contribution >= 4 is 20.2 Å². The van der Waals surface area contributed by atoms with Crippen LogP contribution in [-0.2, 0) is 28.6 Å². The van der Waals surface area contributed by atoms with Crippen LogP contribution in [0.25, 0.3) is 0 Å². The molecule has 2 unspecified atom stereocenters. The van der Waals surface area contributed by atoms with Gasteiger partial charge in [-0.3, -0.25) is 8.37 Å². The van der Waals surface area contributed by atoms with Gasteiger partial charge >= 0.3 is 0 Å². The minimum atomic E-state index is -3.40. The molecule has 0 saturated heterocycles. The van der Waals surface area contributed by atoms with Gasteiger partial charge in [0, 0.05) is 0 Å². The molecule has 0 bridgehead atoms. The van der Waals surface area contributed by atoms with Gasteiger partial charge in [0.25, 0.3) is 20.2 Å². The molecule has 0 amide bonds. The fourth-order valence-corrected chi connectivity index (χ4v) is 3.06. The van der Waals surface area contributed by atoms with E-state index in [0.29, 0.717) is 12.8 Å². The molecule has 2 atom stereocenters. The monoisotopic (exact) mass is 330 g/mol. The summed E-state index contributed by atoms with van der Waals surface area (Å²) in [6, 6.07) is 0. The zero-order valence-corrected chi connectivity index (χ0v) is 14.3. The summed E-state index contributed by atoms with van der Waals surface area (Å²) in [4.78, 5) is 0. The Hall–Kier alpha value is -0.180. The second-order valence-electron chi connectivity index (χ2n) is 4.79. The molecule has 0 heterocycles. The van der Waals surface area contributed by atoms with Crippen LogP contribution in [-0.4, -0.2) is 40.5 Å². The fraction of sp³-hybridized carbons (Fsp3) is 1.00. The van der Waals surface area contributed by atoms with Gasteiger partial charge in [0.2, 0.25) is 0 Å². The third-order valence-electron chi connectivity index (χ3n) is 2.80. The standard InChI is InChI=1S/C12H26O6S2/c1-5-19(13,14)17-11(3)9-7-8-10-12(4)18-20(15,16)6-2/h11-12H,5-10H2,1-4H3. The molecule has 0 aliphatic heterocycles. The molecule has 0 aromatic rings. The van der Waals surface area contributed by atoms with Crippen molar-refractivity contribution in [3.05, 3.63) is 0 Å². The first kappa shape index (κ1) is 19.8. The lowest BCUT2D eigenvalue weighted by atomic mass is 10.1. The summed E-state index contributed by atoms with van der Waals surface area (Å²) < 4.78 is 54.8. The summed E-state index contributed by atoms with van der Waals surface area (Å²) in [6.45, 7) is 6.51. The van der Waals surface area contributed by atoms with Gasteiger partial charge in [-0.15, -0.1) is 0 Å². The van der Waals surface area contributed by atoms with Crippen LogP contribution < -0.4 is 0 Å². The van der Waals surface area contributed by atoms with Crippen molar-refractivity contribution in [3.8, 4) is 0 Å². The summed E-state index contributed by atoms with van der Waals surface area (Å²) in [7, 11) is -6.81. The Kier molecular flexibility index (Phi) is 8.88. The van der Waals surface area contributed by atoms with E-state index in [2.05, 4.69) is 0 Å². The lowest BCUT2D eigenvalue weighted by Gasteiger charge is -2.14. The van der Waals surface area contributed by atoms with Crippen molar-refractivity contribution in [1.29, 1.82) is 0 Å². The van der Waals surface area contributed by atoms with Crippen LogP contribution in [0.1, 0.15) is 53.4 Å². The third-order valence-corrected chi connectivity index (χ3v) is 5.46. The van der Waals surface area contributed by atoms with Gasteiger partial charge < -0.3 is 0 Å². The van der Waals surface area contributed by atoms with E-state index in [1.54, 1.807) is 13.8 Å². The van der Waals surface area contributed by atoms with Crippen molar-refractivity contribution in [2.24, 2.45) is 0 Å². The summed E-state index contributed by atoms with van der Waals surface area (Å²) in [5.74, 6) is -0.0613. The highest BCUT2D eigenvalue weighted by Gasteiger charge is 2.15. The Morgan fingerprint density at radius 2 is 1.05 bits per heavy atom. The van der Waals surface area contributed by atoms with Gasteiger partial charge in [0.1, 0.15) is 0 Å². The summed E-state index contributed by atoms with van der Waals surface area (Å²) in [6.07, 6.45) is 2.06. The first-order valence-electron chi connectivity index (χ1n) is 6.93. The molecule has 8 heteroatoms. The fourth-order valence-electron chi connectivity index (χ4n) is 1.60. The number of unbranched alkanes of at least 4 members (excludes halogenated alkanes) is 1. The van der Waals surface area contributed by atoms with E-state index in [1.165, 1.54) is 13.8 Å². The van der Waals surface area contributed by atoms with Crippen LogP contribution in [0.15, 0.2) is 0 Å². The molecule has 0 aromatic heterocycles. The first-order valence-corrected chi connectivity index (χ1v) is 10.1. The van der Waals surface area contributed by atoms with Gasteiger partial charge in [-0.1, -0.05) is 12.8 Å². The van der Waals surface area contributed by atoms with E-state index >= 15 is 0 Å². The van der Waals surface area contributed by atoms with Crippen LogP contribution in [0, 0.1) is 0 Å². The Bertz CT molecular complexity index is 410. The van der Waals surface area contributed by atoms with Crippen molar-refractivity contribution < 1.29 is 25.2 Å². The molecule has 20 heavy (non-hydrogen) atoms. The summed E-state index contributed by atoms with van der Waals surface area (Å²) in [5.41, 5.74) is 0. The van der Waals surface area contributed by atoms with E-state index in [-0.39, 0.29) is 23.7 Å². The van der Waals surface area contributed by atoms with Gasteiger partial charge in [-0.05, 0) is 40.5 Å². The average molecular weight is 330 g/mol. The molecule has 6 nitrogen and oxygen atoms in total. The molecule has 0 aliphatic carbocycles. The largest absolute Gasteiger partial charge is 0.267 e. The Morgan fingerprint density at radius 1 is 0.750 bits per heavy atom. The summed E-state index contributed by atoms with van der Waals surface area (Å²) >= 11 is 0. The lowest BCUT2D eigenvalue weighted by molar-refractivity contribution is 0.197. The third kappa shape index (κ3) is 9.68. The van der Waals surface area contributed by atoms with Crippen molar-refractivity contribution in [3.63, 3.8) is 0 Å². The maximum atomic E-state index is 11.2. The minimum absolute atomic E-state index is 0.0307. The highest BCUT2D eigenvalue weighted by atomic mass is 32.2. The Labute approximate surface area is 123 Å². The van der Waals surface area contributed by atoms with E-state index < -0.39 is 20.2 Å². The van der Waals surface area contributed by atoms with Gasteiger partial charge in [0.15, 0.2) is 0 Å². The smallest absolute Gasteiger partial charge is 0.267 e. The van der Waals surface area contributed by atoms with E-state index in [0.717, 1.165) is 12.8 Å². The highest BCUT2D eigenvalue weighted by Crippen LogP contribution is 2.13. The zero-order valence-electron chi connectivity index (χ0n) is 12.7. The summed E-state index contributed by atoms with van der Waals surface area (Å²) in [5, 5.41) is 0. The molecule has 0 radical (unpaired) electrons. The average Bonchev–Trinajstić information content (AvgIpc) is 2.33. The van der Waals surface area contributed by atoms with E-state index in [1.807, 2.05) is 0 Å². The van der Waals surface area contributed by atoms with E-state index in [9.17, 15) is 16.8 Å². The predicted octanol–water partition coefficient (Wildman–Crippen LogP) is 2.06. The minimum Gasteiger partial charge on any atom is -0.267 e. The molecular formula is C12H26O6S2. The molecule has 0 saturated carbocycles. The van der Waals surface area contributed by atoms with Crippen LogP contribution in [0.4, 0.5) is 0 Å². The second-order valence-corrected chi connectivity index (χ2v) is 8.56. The maximum Gasteiger partial charge on any atom is 0.267 e. The van der Waals surface area contributed by atoms with Crippen LogP contribution >= 0.6 is 0 Å². The Morgan fingerprint density at radius 3 is 1.30 bits per heavy atom. The Balaban J connectivity index is 3.87. The van der Waals surface area contributed by atoms with Crippen LogP contribution in [0.2, 0.25) is 0 Å². The van der Waals surface area contributed by atoms with Crippen molar-refractivity contribution in [1.82, 2.24) is 0 Å². The molecule has 0 rings (SSSR count). The quantitative estimate of drug-likeness (QED) is 0.426. The number of hydrogen-bond acceptors (Lipinski definition) is 6. The number of rotatable bonds is 11. The molecule has 0 spiro atoms. The SMILES string of the molecule is CCS(=O)(=O)OC(C)CCCCC(C)OS(=O)(=O)CC. The van der Waals surface area contributed by atoms with Crippen molar-refractivity contribution in [2.45, 2.75) is 65.6 Å². The van der Waals surface area contributed by atoms with Gasteiger partial charge in [-0.2, -0.15) is 16.8 Å². The molecule has 0 aromatic carbocycles.